The number of halogens is 1. The van der Waals surface area contributed by atoms with Crippen molar-refractivity contribution in [3.05, 3.63) is 56.9 Å². The third-order valence-corrected chi connectivity index (χ3v) is 3.46. The van der Waals surface area contributed by atoms with Crippen molar-refractivity contribution in [3.63, 3.8) is 0 Å². The molecule has 19 heavy (non-hydrogen) atoms. The molecule has 2 N–H and O–H groups in total. The molecule has 2 heterocycles. The van der Waals surface area contributed by atoms with E-state index in [1.807, 2.05) is 24.3 Å². The highest BCUT2D eigenvalue weighted by atomic mass is 79.9. The predicted molar refractivity (Wildman–Crippen MR) is 75.1 cm³/mol. The van der Waals surface area contributed by atoms with Gasteiger partial charge in [0.1, 0.15) is 5.82 Å². The molecule has 0 radical (unpaired) electrons. The average Bonchev–Trinajstić information content (AvgIpc) is 2.79. The fraction of sp³-hybridized carbons (Fsp3) is 0.0833. The monoisotopic (exact) mass is 319 g/mol. The number of aromatic nitrogens is 4. The average molecular weight is 320 g/mol. The van der Waals surface area contributed by atoms with Crippen LogP contribution in [-0.2, 0) is 6.54 Å². The topological polar surface area (TPSA) is 75.1 Å². The fourth-order valence-corrected chi connectivity index (χ4v) is 2.15. The quantitative estimate of drug-likeness (QED) is 0.771. The largest absolute Gasteiger partial charge is 0.365 e. The van der Waals surface area contributed by atoms with E-state index < -0.39 is 0 Å². The predicted octanol–water partition coefficient (Wildman–Crippen LogP) is 1.79. The maximum absolute atomic E-state index is 11.4. The second-order valence-corrected chi connectivity index (χ2v) is 4.82. The third-order valence-electron chi connectivity index (χ3n) is 2.69. The lowest BCUT2D eigenvalue weighted by Gasteiger charge is -2.07. The standard InChI is InChI=1S/C12H10BrN5O/c13-9-4-2-1-3-8(9)7-14-10-5-6-11-15-16-12(19)18(11)17-10/h1-6H,7H2,(H,14,17)(H,16,19). The van der Waals surface area contributed by atoms with Crippen LogP contribution in [0.5, 0.6) is 0 Å². The van der Waals surface area contributed by atoms with E-state index in [2.05, 4.69) is 36.5 Å². The molecule has 2 aromatic heterocycles. The van der Waals surface area contributed by atoms with Crippen molar-refractivity contribution in [3.8, 4) is 0 Å². The summed E-state index contributed by atoms with van der Waals surface area (Å²) >= 11 is 3.48. The van der Waals surface area contributed by atoms with Crippen molar-refractivity contribution in [2.45, 2.75) is 6.54 Å². The van der Waals surface area contributed by atoms with Crippen LogP contribution in [0.3, 0.4) is 0 Å². The van der Waals surface area contributed by atoms with Crippen LogP contribution < -0.4 is 11.0 Å². The maximum atomic E-state index is 11.4. The minimum absolute atomic E-state index is 0.348. The van der Waals surface area contributed by atoms with E-state index in [0.29, 0.717) is 18.0 Å². The van der Waals surface area contributed by atoms with Gasteiger partial charge in [0.2, 0.25) is 0 Å². The first kappa shape index (κ1) is 11.9. The molecule has 96 valence electrons. The van der Waals surface area contributed by atoms with Crippen LogP contribution in [0.15, 0.2) is 45.7 Å². The Labute approximate surface area is 116 Å². The number of fused-ring (bicyclic) bond motifs is 1. The zero-order valence-electron chi connectivity index (χ0n) is 9.80. The number of aromatic amines is 1. The molecule has 3 aromatic rings. The summed E-state index contributed by atoms with van der Waals surface area (Å²) in [6.07, 6.45) is 0. The van der Waals surface area contributed by atoms with E-state index in [1.165, 1.54) is 4.52 Å². The highest BCUT2D eigenvalue weighted by Crippen LogP contribution is 2.16. The number of anilines is 1. The van der Waals surface area contributed by atoms with Crippen molar-refractivity contribution in [2.24, 2.45) is 0 Å². The van der Waals surface area contributed by atoms with Crippen LogP contribution in [0, 0.1) is 0 Å². The van der Waals surface area contributed by atoms with E-state index in [-0.39, 0.29) is 5.69 Å². The molecular weight excluding hydrogens is 310 g/mol. The lowest BCUT2D eigenvalue weighted by molar-refractivity contribution is 0.875. The van der Waals surface area contributed by atoms with Crippen molar-refractivity contribution in [1.82, 2.24) is 19.8 Å². The van der Waals surface area contributed by atoms with Crippen LogP contribution in [0.2, 0.25) is 0 Å². The Kier molecular flexibility index (Phi) is 3.04. The van der Waals surface area contributed by atoms with Gasteiger partial charge in [-0.3, -0.25) is 0 Å². The molecule has 3 rings (SSSR count). The van der Waals surface area contributed by atoms with Gasteiger partial charge in [-0.1, -0.05) is 34.1 Å². The third kappa shape index (κ3) is 2.37. The maximum Gasteiger partial charge on any atom is 0.364 e. The number of hydrogen-bond donors (Lipinski definition) is 2. The second-order valence-electron chi connectivity index (χ2n) is 3.96. The van der Waals surface area contributed by atoms with E-state index in [0.717, 1.165) is 10.0 Å². The summed E-state index contributed by atoms with van der Waals surface area (Å²) in [5.74, 6) is 0.617. The fourth-order valence-electron chi connectivity index (χ4n) is 1.72. The molecule has 0 atom stereocenters. The molecule has 0 saturated carbocycles. The van der Waals surface area contributed by atoms with Crippen molar-refractivity contribution in [2.75, 3.05) is 5.32 Å². The van der Waals surface area contributed by atoms with E-state index in [9.17, 15) is 4.79 Å². The summed E-state index contributed by atoms with van der Waals surface area (Å²) in [5, 5.41) is 13.5. The number of hydrogen-bond acceptors (Lipinski definition) is 4. The summed E-state index contributed by atoms with van der Waals surface area (Å²) in [7, 11) is 0. The number of nitrogens with zero attached hydrogens (tertiary/aromatic N) is 3. The highest BCUT2D eigenvalue weighted by Gasteiger charge is 2.03. The SMILES string of the molecule is O=c1[nH]nc2ccc(NCc3ccccc3Br)nn12. The lowest BCUT2D eigenvalue weighted by Crippen LogP contribution is -2.14. The van der Waals surface area contributed by atoms with Gasteiger partial charge in [0, 0.05) is 11.0 Å². The smallest absolute Gasteiger partial charge is 0.364 e. The van der Waals surface area contributed by atoms with Gasteiger partial charge < -0.3 is 5.32 Å². The molecule has 0 bridgehead atoms. The van der Waals surface area contributed by atoms with Gasteiger partial charge in [-0.05, 0) is 23.8 Å². The number of H-pyrrole nitrogens is 1. The molecule has 0 fully saturated rings. The van der Waals surface area contributed by atoms with Gasteiger partial charge >= 0.3 is 5.69 Å². The molecule has 0 saturated heterocycles. The summed E-state index contributed by atoms with van der Waals surface area (Å²) in [5.41, 5.74) is 1.26. The van der Waals surface area contributed by atoms with Crippen LogP contribution in [0.25, 0.3) is 5.65 Å². The van der Waals surface area contributed by atoms with Gasteiger partial charge in [-0.15, -0.1) is 5.10 Å². The summed E-state index contributed by atoms with van der Waals surface area (Å²) in [4.78, 5) is 11.4. The Morgan fingerprint density at radius 3 is 2.95 bits per heavy atom. The van der Waals surface area contributed by atoms with E-state index >= 15 is 0 Å². The molecule has 0 unspecified atom stereocenters. The Hall–Kier alpha value is -2.15. The van der Waals surface area contributed by atoms with E-state index in [4.69, 9.17) is 0 Å². The minimum atomic E-state index is -0.348. The van der Waals surface area contributed by atoms with E-state index in [1.54, 1.807) is 12.1 Å². The highest BCUT2D eigenvalue weighted by molar-refractivity contribution is 9.10. The molecule has 6 nitrogen and oxygen atoms in total. The minimum Gasteiger partial charge on any atom is -0.365 e. The Balaban J connectivity index is 1.84. The van der Waals surface area contributed by atoms with Gasteiger partial charge in [0.05, 0.1) is 0 Å². The Bertz CT molecular complexity index is 779. The van der Waals surface area contributed by atoms with Crippen LogP contribution >= 0.6 is 15.9 Å². The number of benzene rings is 1. The Morgan fingerprint density at radius 2 is 2.11 bits per heavy atom. The number of nitrogens with one attached hydrogen (secondary N) is 2. The Morgan fingerprint density at radius 1 is 1.26 bits per heavy atom. The molecule has 0 aliphatic rings. The van der Waals surface area contributed by atoms with Crippen LogP contribution in [0.1, 0.15) is 5.56 Å². The second kappa shape index (κ2) is 4.85. The molecule has 1 aromatic carbocycles. The first-order chi connectivity index (χ1) is 9.24. The van der Waals surface area contributed by atoms with Crippen molar-refractivity contribution in [1.29, 1.82) is 0 Å². The molecule has 0 spiro atoms. The first-order valence-electron chi connectivity index (χ1n) is 5.66. The van der Waals surface area contributed by atoms with Crippen molar-refractivity contribution < 1.29 is 0 Å². The summed E-state index contributed by atoms with van der Waals surface area (Å²) in [6.45, 7) is 0.618. The lowest BCUT2D eigenvalue weighted by atomic mass is 10.2. The van der Waals surface area contributed by atoms with Crippen LogP contribution in [0.4, 0.5) is 5.82 Å². The summed E-state index contributed by atoms with van der Waals surface area (Å²) < 4.78 is 2.26. The molecule has 0 amide bonds. The molecular formula is C12H10BrN5O. The van der Waals surface area contributed by atoms with Crippen molar-refractivity contribution >= 4 is 27.4 Å². The number of rotatable bonds is 3. The molecule has 0 aliphatic carbocycles. The first-order valence-corrected chi connectivity index (χ1v) is 6.45. The van der Waals surface area contributed by atoms with Gasteiger partial charge in [0.25, 0.3) is 0 Å². The van der Waals surface area contributed by atoms with Crippen LogP contribution in [-0.4, -0.2) is 19.8 Å². The van der Waals surface area contributed by atoms with Gasteiger partial charge in [0.15, 0.2) is 5.65 Å². The zero-order valence-corrected chi connectivity index (χ0v) is 11.4. The van der Waals surface area contributed by atoms with Gasteiger partial charge in [-0.25, -0.2) is 9.89 Å². The zero-order chi connectivity index (χ0) is 13.2. The summed E-state index contributed by atoms with van der Waals surface area (Å²) in [6, 6.07) is 11.4. The molecule has 7 heteroatoms. The van der Waals surface area contributed by atoms with Gasteiger partial charge in [-0.2, -0.15) is 9.61 Å². The normalized spacial score (nSPS) is 10.8. The molecule has 0 aliphatic heterocycles.